The number of carbonyl (C=O) groups is 1. The predicted octanol–water partition coefficient (Wildman–Crippen LogP) is 4.30. The highest BCUT2D eigenvalue weighted by Gasteiger charge is 2.34. The lowest BCUT2D eigenvalue weighted by atomic mass is 9.98. The lowest BCUT2D eigenvalue weighted by molar-refractivity contribution is -0.134. The Morgan fingerprint density at radius 2 is 1.86 bits per heavy atom. The summed E-state index contributed by atoms with van der Waals surface area (Å²) in [5.41, 5.74) is 3.86. The van der Waals surface area contributed by atoms with E-state index in [1.165, 1.54) is 24.1 Å². The molecule has 0 saturated carbocycles. The van der Waals surface area contributed by atoms with Crippen LogP contribution in [0.25, 0.3) is 0 Å². The Labute approximate surface area is 165 Å². The molecule has 1 fully saturated rings. The molecule has 0 unspecified atom stereocenters. The molecule has 1 atom stereocenters. The molecule has 2 heterocycles. The van der Waals surface area contributed by atoms with Crippen LogP contribution in [0.5, 0.6) is 0 Å². The molecule has 0 bridgehead atoms. The Kier molecular flexibility index (Phi) is 5.53. The van der Waals surface area contributed by atoms with Gasteiger partial charge in [0.15, 0.2) is 0 Å². The summed E-state index contributed by atoms with van der Waals surface area (Å²) in [6.07, 6.45) is 4.10. The van der Waals surface area contributed by atoms with Crippen LogP contribution in [0, 0.1) is 12.7 Å². The number of hydrogen-bond acceptors (Lipinski definition) is 3. The van der Waals surface area contributed by atoms with Crippen molar-refractivity contribution in [3.63, 3.8) is 0 Å². The first-order valence-corrected chi connectivity index (χ1v) is 10.0. The molecule has 1 saturated heterocycles. The smallest absolute Gasteiger partial charge is 0.257 e. The minimum Gasteiger partial charge on any atom is -0.294 e. The molecule has 2 aliphatic heterocycles. The van der Waals surface area contributed by atoms with Gasteiger partial charge in [-0.3, -0.25) is 9.69 Å². The van der Waals surface area contributed by atoms with Gasteiger partial charge in [-0.15, -0.1) is 0 Å². The van der Waals surface area contributed by atoms with Gasteiger partial charge in [-0.2, -0.15) is 5.10 Å². The first kappa shape index (κ1) is 18.8. The van der Waals surface area contributed by atoms with Crippen molar-refractivity contribution in [1.29, 1.82) is 0 Å². The number of likely N-dealkylation sites (tertiary alicyclic amines) is 1. The van der Waals surface area contributed by atoms with Crippen molar-refractivity contribution in [1.82, 2.24) is 9.91 Å². The fourth-order valence-corrected chi connectivity index (χ4v) is 4.02. The monoisotopic (exact) mass is 379 g/mol. The lowest BCUT2D eigenvalue weighted by Crippen LogP contribution is -2.40. The van der Waals surface area contributed by atoms with Crippen LogP contribution >= 0.6 is 0 Å². The molecule has 2 aromatic rings. The van der Waals surface area contributed by atoms with Crippen LogP contribution < -0.4 is 0 Å². The molecule has 0 radical (unpaired) electrons. The van der Waals surface area contributed by atoms with Gasteiger partial charge in [-0.05, 0) is 56.1 Å². The van der Waals surface area contributed by atoms with Gasteiger partial charge in [-0.1, -0.05) is 48.4 Å². The first-order chi connectivity index (χ1) is 13.6. The molecule has 4 rings (SSSR count). The number of halogens is 1. The molecular weight excluding hydrogens is 353 g/mol. The van der Waals surface area contributed by atoms with Crippen LogP contribution in [0.4, 0.5) is 4.39 Å². The SMILES string of the molecule is Cc1ccc(C2=NN(C(=O)CN3CCCCC3)[C@H](c3cccc(F)c3)C2)cc1. The van der Waals surface area contributed by atoms with E-state index in [1.54, 1.807) is 11.1 Å². The van der Waals surface area contributed by atoms with Crippen molar-refractivity contribution >= 4 is 11.6 Å². The highest BCUT2D eigenvalue weighted by Crippen LogP contribution is 2.33. The van der Waals surface area contributed by atoms with Gasteiger partial charge in [0, 0.05) is 6.42 Å². The van der Waals surface area contributed by atoms with Crippen LogP contribution in [-0.2, 0) is 4.79 Å². The molecule has 5 heteroatoms. The largest absolute Gasteiger partial charge is 0.294 e. The standard InChI is InChI=1S/C23H26FN3O/c1-17-8-10-18(11-9-17)21-15-22(19-6-5-7-20(24)14-19)27(25-21)23(28)16-26-12-3-2-4-13-26/h5-11,14,22H,2-4,12-13,15-16H2,1H3/t22-/m0/s1. The van der Waals surface area contributed by atoms with Crippen LogP contribution in [-0.4, -0.2) is 41.2 Å². The normalized spacial score (nSPS) is 20.3. The minimum atomic E-state index is -0.287. The fraction of sp³-hybridized carbons (Fsp3) is 0.391. The summed E-state index contributed by atoms with van der Waals surface area (Å²) >= 11 is 0. The topological polar surface area (TPSA) is 35.9 Å². The van der Waals surface area contributed by atoms with Gasteiger partial charge >= 0.3 is 0 Å². The number of aryl methyl sites for hydroxylation is 1. The number of hydrazone groups is 1. The third-order valence-electron chi connectivity index (χ3n) is 5.59. The number of rotatable bonds is 4. The zero-order chi connectivity index (χ0) is 19.5. The number of amides is 1. The molecule has 146 valence electrons. The Morgan fingerprint density at radius 1 is 1.11 bits per heavy atom. The third-order valence-corrected chi connectivity index (χ3v) is 5.59. The van der Waals surface area contributed by atoms with Crippen molar-refractivity contribution in [2.75, 3.05) is 19.6 Å². The molecular formula is C23H26FN3O. The van der Waals surface area contributed by atoms with Crippen molar-refractivity contribution in [2.24, 2.45) is 5.10 Å². The first-order valence-electron chi connectivity index (χ1n) is 10.0. The number of carbonyl (C=O) groups excluding carboxylic acids is 1. The predicted molar refractivity (Wildman–Crippen MR) is 109 cm³/mol. The number of nitrogens with zero attached hydrogens (tertiary/aromatic N) is 3. The maximum atomic E-state index is 13.8. The summed E-state index contributed by atoms with van der Waals surface area (Å²) in [4.78, 5) is 15.3. The molecule has 1 amide bonds. The maximum Gasteiger partial charge on any atom is 0.257 e. The summed E-state index contributed by atoms with van der Waals surface area (Å²) in [5.74, 6) is -0.303. The van der Waals surface area contributed by atoms with Crippen LogP contribution in [0.15, 0.2) is 53.6 Å². The molecule has 2 aliphatic rings. The van der Waals surface area contributed by atoms with Crippen molar-refractivity contribution in [2.45, 2.75) is 38.6 Å². The second-order valence-electron chi connectivity index (χ2n) is 7.76. The molecule has 2 aromatic carbocycles. The number of benzene rings is 2. The molecule has 0 N–H and O–H groups in total. The number of hydrogen-bond donors (Lipinski definition) is 0. The van der Waals surface area contributed by atoms with E-state index in [-0.39, 0.29) is 17.8 Å². The van der Waals surface area contributed by atoms with E-state index in [2.05, 4.69) is 4.90 Å². The van der Waals surface area contributed by atoms with Gasteiger partial charge in [-0.25, -0.2) is 9.40 Å². The summed E-state index contributed by atoms with van der Waals surface area (Å²) < 4.78 is 13.8. The Bertz CT molecular complexity index is 872. The average Bonchev–Trinajstić information content (AvgIpc) is 3.15. The number of piperidine rings is 1. The highest BCUT2D eigenvalue weighted by atomic mass is 19.1. The second-order valence-corrected chi connectivity index (χ2v) is 7.76. The zero-order valence-corrected chi connectivity index (χ0v) is 16.3. The summed E-state index contributed by atoms with van der Waals surface area (Å²) in [5, 5.41) is 6.27. The van der Waals surface area contributed by atoms with Crippen LogP contribution in [0.1, 0.15) is 48.4 Å². The Hall–Kier alpha value is -2.53. The van der Waals surface area contributed by atoms with Crippen LogP contribution in [0.3, 0.4) is 0 Å². The van der Waals surface area contributed by atoms with Crippen molar-refractivity contribution < 1.29 is 9.18 Å². The average molecular weight is 379 g/mol. The van der Waals surface area contributed by atoms with Gasteiger partial charge in [0.1, 0.15) is 5.82 Å². The Balaban J connectivity index is 1.60. The van der Waals surface area contributed by atoms with E-state index in [0.717, 1.165) is 42.8 Å². The maximum absolute atomic E-state index is 13.8. The van der Waals surface area contributed by atoms with E-state index in [9.17, 15) is 9.18 Å². The van der Waals surface area contributed by atoms with E-state index in [0.29, 0.717) is 13.0 Å². The van der Waals surface area contributed by atoms with Gasteiger partial charge in [0.2, 0.25) is 0 Å². The fourth-order valence-electron chi connectivity index (χ4n) is 4.02. The Morgan fingerprint density at radius 3 is 2.57 bits per heavy atom. The van der Waals surface area contributed by atoms with E-state index in [1.807, 2.05) is 37.3 Å². The second kappa shape index (κ2) is 8.23. The molecule has 0 aromatic heterocycles. The highest BCUT2D eigenvalue weighted by molar-refractivity contribution is 6.03. The lowest BCUT2D eigenvalue weighted by Gasteiger charge is -2.29. The summed E-state index contributed by atoms with van der Waals surface area (Å²) in [6.45, 7) is 4.33. The van der Waals surface area contributed by atoms with E-state index >= 15 is 0 Å². The molecule has 0 aliphatic carbocycles. The zero-order valence-electron chi connectivity index (χ0n) is 16.3. The van der Waals surface area contributed by atoms with Crippen molar-refractivity contribution in [3.8, 4) is 0 Å². The summed E-state index contributed by atoms with van der Waals surface area (Å²) in [6, 6.07) is 14.4. The minimum absolute atomic E-state index is 0.0155. The van der Waals surface area contributed by atoms with Gasteiger partial charge in [0.25, 0.3) is 5.91 Å². The third kappa shape index (κ3) is 4.14. The van der Waals surface area contributed by atoms with Gasteiger partial charge < -0.3 is 0 Å². The van der Waals surface area contributed by atoms with Crippen molar-refractivity contribution in [3.05, 3.63) is 71.0 Å². The summed E-state index contributed by atoms with van der Waals surface area (Å²) in [7, 11) is 0. The van der Waals surface area contributed by atoms with Gasteiger partial charge in [0.05, 0.1) is 18.3 Å². The quantitative estimate of drug-likeness (QED) is 0.794. The molecule has 0 spiro atoms. The molecule has 28 heavy (non-hydrogen) atoms. The van der Waals surface area contributed by atoms with E-state index in [4.69, 9.17) is 5.10 Å². The van der Waals surface area contributed by atoms with E-state index < -0.39 is 0 Å². The molecule has 4 nitrogen and oxygen atoms in total. The van der Waals surface area contributed by atoms with Crippen LogP contribution in [0.2, 0.25) is 0 Å².